The molecule has 4 aliphatic heterocycles. The molecule has 11 rings (SSSR count). The molecule has 3 nitrogen and oxygen atoms in total. The number of thioether (sulfide) groups is 1. The van der Waals surface area contributed by atoms with Crippen molar-refractivity contribution in [1.82, 2.24) is 0 Å². The molecule has 49 heavy (non-hydrogen) atoms. The second kappa shape index (κ2) is 10.2. The molecule has 0 radical (unpaired) electrons. The minimum absolute atomic E-state index is 0.171. The largest absolute Gasteiger partial charge is 0.333 e. The Morgan fingerprint density at radius 2 is 1.24 bits per heavy atom. The van der Waals surface area contributed by atoms with E-state index >= 15 is 0 Å². The Hall–Kier alpha value is -5.04. The van der Waals surface area contributed by atoms with Crippen molar-refractivity contribution in [1.29, 1.82) is 0 Å². The topological polar surface area (TPSA) is 9.72 Å². The average Bonchev–Trinajstić information content (AvgIpc) is 3.14. The molecular weight excluding hydrogens is 633 g/mol. The summed E-state index contributed by atoms with van der Waals surface area (Å²) in [6.45, 7) is 2.69. The Balaban J connectivity index is 1.29. The second-order valence-corrected chi connectivity index (χ2v) is 15.8. The van der Waals surface area contributed by atoms with Crippen molar-refractivity contribution < 1.29 is 0 Å². The van der Waals surface area contributed by atoms with Crippen LogP contribution in [0.1, 0.15) is 6.92 Å². The number of nitrogens with zero attached hydrogens (tertiary/aromatic N) is 3. The van der Waals surface area contributed by atoms with E-state index in [2.05, 4.69) is 179 Å². The summed E-state index contributed by atoms with van der Waals surface area (Å²) in [4.78, 5) is 13.0. The van der Waals surface area contributed by atoms with E-state index in [4.69, 9.17) is 0 Å². The molecule has 6 aromatic rings. The third kappa shape index (κ3) is 3.79. The molecular formula is C43H30BN3S2. The zero-order chi connectivity index (χ0) is 32.3. The van der Waals surface area contributed by atoms with Gasteiger partial charge in [-0.05, 0) is 83.0 Å². The van der Waals surface area contributed by atoms with Crippen molar-refractivity contribution in [2.24, 2.45) is 0 Å². The maximum atomic E-state index is 2.69. The number of allylic oxidation sites excluding steroid dienone is 2. The van der Waals surface area contributed by atoms with Crippen LogP contribution in [0.2, 0.25) is 5.31 Å². The van der Waals surface area contributed by atoms with E-state index < -0.39 is 0 Å². The third-order valence-electron chi connectivity index (χ3n) is 10.9. The number of para-hydroxylation sites is 5. The van der Waals surface area contributed by atoms with Gasteiger partial charge in [0, 0.05) is 42.3 Å². The molecule has 0 amide bonds. The molecule has 0 aromatic heterocycles. The van der Waals surface area contributed by atoms with Crippen molar-refractivity contribution in [3.05, 3.63) is 163 Å². The minimum Gasteiger partial charge on any atom is -0.333 e. The van der Waals surface area contributed by atoms with Crippen molar-refractivity contribution in [2.75, 3.05) is 14.7 Å². The van der Waals surface area contributed by atoms with Crippen LogP contribution in [0.5, 0.6) is 0 Å². The van der Waals surface area contributed by atoms with Gasteiger partial charge in [-0.25, -0.2) is 0 Å². The Bertz CT molecular complexity index is 2370. The zero-order valence-electron chi connectivity index (χ0n) is 26.8. The predicted octanol–water partition coefficient (Wildman–Crippen LogP) is 10.9. The summed E-state index contributed by atoms with van der Waals surface area (Å²) < 4.78 is 0. The zero-order valence-corrected chi connectivity index (χ0v) is 28.5. The first kappa shape index (κ1) is 27.9. The summed E-state index contributed by atoms with van der Waals surface area (Å²) in [6, 6.07) is 51.7. The summed E-state index contributed by atoms with van der Waals surface area (Å²) in [5.41, 5.74) is 12.7. The molecule has 4 heterocycles. The normalized spacial score (nSPS) is 20.0. The maximum Gasteiger partial charge on any atom is 0.229 e. The lowest BCUT2D eigenvalue weighted by molar-refractivity contribution is 0.601. The second-order valence-electron chi connectivity index (χ2n) is 13.6. The number of hydrogen-bond acceptors (Lipinski definition) is 5. The van der Waals surface area contributed by atoms with Gasteiger partial charge >= 0.3 is 0 Å². The number of fused-ring (bicyclic) bond motifs is 8. The first-order valence-electron chi connectivity index (χ1n) is 16.9. The number of rotatable bonds is 3. The van der Waals surface area contributed by atoms with Gasteiger partial charge in [0.15, 0.2) is 0 Å². The maximum absolute atomic E-state index is 2.69. The lowest BCUT2D eigenvalue weighted by Crippen LogP contribution is -2.67. The van der Waals surface area contributed by atoms with Gasteiger partial charge in [-0.3, -0.25) is 0 Å². The average molecular weight is 664 g/mol. The molecule has 0 fully saturated rings. The lowest BCUT2D eigenvalue weighted by Gasteiger charge is -2.58. The quantitative estimate of drug-likeness (QED) is 0.174. The standard InChI is InChI=1S/C43H30BN3S2/c1-43-25-13-24-39-42(43)47(33-20-9-11-22-37(33)49-39)35-27-30(45(28-14-4-2-5-15-28)29-16-6-3-7-17-29)26-34-40(35)44(43)31-18-12-23-38-41(31)46(34)32-19-8-10-21-36(32)48-38/h2-27,42H,1H3. The number of anilines is 8. The van der Waals surface area contributed by atoms with Gasteiger partial charge in [0.05, 0.1) is 28.8 Å². The van der Waals surface area contributed by atoms with Crippen molar-refractivity contribution >= 4 is 86.7 Å². The van der Waals surface area contributed by atoms with Gasteiger partial charge in [-0.2, -0.15) is 0 Å². The van der Waals surface area contributed by atoms with Gasteiger partial charge in [0.1, 0.15) is 0 Å². The van der Waals surface area contributed by atoms with Gasteiger partial charge < -0.3 is 14.7 Å². The highest BCUT2D eigenvalue weighted by Crippen LogP contribution is 2.63. The first-order chi connectivity index (χ1) is 24.2. The molecule has 2 unspecified atom stereocenters. The van der Waals surface area contributed by atoms with Crippen LogP contribution in [0.4, 0.5) is 45.5 Å². The van der Waals surface area contributed by atoms with E-state index in [1.165, 1.54) is 59.0 Å². The van der Waals surface area contributed by atoms with E-state index in [0.29, 0.717) is 0 Å². The summed E-state index contributed by atoms with van der Waals surface area (Å²) in [7, 11) is 0. The van der Waals surface area contributed by atoms with Gasteiger partial charge in [-0.1, -0.05) is 121 Å². The summed E-state index contributed by atoms with van der Waals surface area (Å²) in [5, 5.41) is -0.171. The lowest BCUT2D eigenvalue weighted by atomic mass is 9.23. The SMILES string of the molecule is CC12C=CC=C3Sc4ccccc4N(c4cc(N(c5ccccc5)c5ccccc5)cc5c4B1c1cccc4c1N5c1ccccc1S4)C32. The van der Waals surface area contributed by atoms with Crippen LogP contribution in [0, 0.1) is 0 Å². The molecule has 1 aliphatic carbocycles. The van der Waals surface area contributed by atoms with Crippen LogP contribution in [-0.2, 0) is 0 Å². The van der Waals surface area contributed by atoms with Crippen LogP contribution in [-0.4, -0.2) is 12.8 Å². The fourth-order valence-corrected chi connectivity index (χ4v) is 11.4. The Morgan fingerprint density at radius 1 is 0.612 bits per heavy atom. The van der Waals surface area contributed by atoms with E-state index in [9.17, 15) is 0 Å². The van der Waals surface area contributed by atoms with Crippen molar-refractivity contribution in [2.45, 2.75) is 33.0 Å². The summed E-state index contributed by atoms with van der Waals surface area (Å²) >= 11 is 3.85. The molecule has 2 atom stereocenters. The molecule has 0 bridgehead atoms. The van der Waals surface area contributed by atoms with E-state index in [0.717, 1.165) is 17.1 Å². The van der Waals surface area contributed by atoms with E-state index in [-0.39, 0.29) is 18.1 Å². The summed E-state index contributed by atoms with van der Waals surface area (Å²) in [5.74, 6) is 0. The van der Waals surface area contributed by atoms with Crippen LogP contribution in [0.3, 0.4) is 0 Å². The van der Waals surface area contributed by atoms with Gasteiger partial charge in [0.25, 0.3) is 0 Å². The van der Waals surface area contributed by atoms with Crippen LogP contribution in [0.25, 0.3) is 0 Å². The molecule has 5 aliphatic rings. The Morgan fingerprint density at radius 3 is 2.00 bits per heavy atom. The molecule has 6 aromatic carbocycles. The molecule has 0 saturated carbocycles. The van der Waals surface area contributed by atoms with Crippen LogP contribution in [0.15, 0.2) is 177 Å². The first-order valence-corrected chi connectivity index (χ1v) is 18.6. The highest BCUT2D eigenvalue weighted by Gasteiger charge is 2.59. The monoisotopic (exact) mass is 663 g/mol. The van der Waals surface area contributed by atoms with Gasteiger partial charge in [0.2, 0.25) is 6.71 Å². The molecule has 6 heteroatoms. The Labute approximate surface area is 295 Å². The third-order valence-corrected chi connectivity index (χ3v) is 13.2. The number of benzene rings is 6. The van der Waals surface area contributed by atoms with Crippen LogP contribution >= 0.6 is 23.5 Å². The van der Waals surface area contributed by atoms with Crippen LogP contribution < -0.4 is 25.6 Å². The summed E-state index contributed by atoms with van der Waals surface area (Å²) in [6.07, 6.45) is 7.19. The fourth-order valence-electron chi connectivity index (χ4n) is 9.00. The number of hydrogen-bond donors (Lipinski definition) is 0. The molecule has 0 N–H and O–H groups in total. The smallest absolute Gasteiger partial charge is 0.229 e. The van der Waals surface area contributed by atoms with Crippen molar-refractivity contribution in [3.8, 4) is 0 Å². The fraction of sp³-hybridized carbons (Fsp3) is 0.0698. The predicted molar refractivity (Wildman–Crippen MR) is 209 cm³/mol. The Kier molecular flexibility index (Phi) is 5.82. The molecule has 232 valence electrons. The molecule has 0 saturated heterocycles. The minimum atomic E-state index is -0.171. The molecule has 0 spiro atoms. The van der Waals surface area contributed by atoms with Crippen molar-refractivity contribution in [3.63, 3.8) is 0 Å². The van der Waals surface area contributed by atoms with Gasteiger partial charge in [-0.15, -0.1) is 0 Å². The highest BCUT2D eigenvalue weighted by atomic mass is 32.2. The highest BCUT2D eigenvalue weighted by molar-refractivity contribution is 8.03. The van der Waals surface area contributed by atoms with E-state index in [1.807, 2.05) is 23.5 Å². The van der Waals surface area contributed by atoms with E-state index in [1.54, 1.807) is 0 Å².